The van der Waals surface area contributed by atoms with Gasteiger partial charge in [0.05, 0.1) is 13.2 Å². The molecule has 5 nitrogen and oxygen atoms in total. The minimum Gasteiger partial charge on any atom is -0.490 e. The summed E-state index contributed by atoms with van der Waals surface area (Å²) in [4.78, 5) is 4.19. The summed E-state index contributed by atoms with van der Waals surface area (Å²) in [5, 5.41) is 2.98. The predicted octanol–water partition coefficient (Wildman–Crippen LogP) is 3.10. The van der Waals surface area contributed by atoms with Crippen LogP contribution in [0.1, 0.15) is 12.0 Å². The third kappa shape index (κ3) is 4.59. The molecule has 0 radical (unpaired) electrons. The molecule has 1 aliphatic rings. The van der Waals surface area contributed by atoms with E-state index in [4.69, 9.17) is 15.2 Å². The van der Waals surface area contributed by atoms with Gasteiger partial charge in [-0.3, -0.25) is 4.99 Å². The van der Waals surface area contributed by atoms with Crippen molar-refractivity contribution in [1.29, 1.82) is 0 Å². The Hall–Kier alpha value is -2.83. The molecule has 0 amide bonds. The van der Waals surface area contributed by atoms with Crippen molar-refractivity contribution in [3.05, 3.63) is 53.6 Å². The van der Waals surface area contributed by atoms with Crippen LogP contribution in [0.2, 0.25) is 0 Å². The highest BCUT2D eigenvalue weighted by Gasteiger charge is 2.10. The van der Waals surface area contributed by atoms with E-state index in [9.17, 15) is 8.78 Å². The predicted molar refractivity (Wildman–Crippen MR) is 92.2 cm³/mol. The van der Waals surface area contributed by atoms with Crippen LogP contribution in [0.25, 0.3) is 0 Å². The second-order valence-corrected chi connectivity index (χ2v) is 5.60. The number of ether oxygens (including phenoxy) is 2. The van der Waals surface area contributed by atoms with Gasteiger partial charge >= 0.3 is 0 Å². The zero-order chi connectivity index (χ0) is 17.6. The molecule has 0 aliphatic carbocycles. The number of guanidine groups is 1. The van der Waals surface area contributed by atoms with Crippen molar-refractivity contribution >= 4 is 11.6 Å². The highest BCUT2D eigenvalue weighted by molar-refractivity contribution is 5.92. The van der Waals surface area contributed by atoms with Crippen molar-refractivity contribution in [2.45, 2.75) is 12.8 Å². The Bertz CT molecular complexity index is 781. The van der Waals surface area contributed by atoms with Crippen LogP contribution in [0.4, 0.5) is 14.5 Å². The van der Waals surface area contributed by atoms with Gasteiger partial charge in [-0.15, -0.1) is 0 Å². The number of nitrogens with two attached hydrogens (primary N) is 1. The molecule has 0 unspecified atom stereocenters. The summed E-state index contributed by atoms with van der Waals surface area (Å²) < 4.78 is 37.2. The Morgan fingerprint density at radius 2 is 1.84 bits per heavy atom. The number of nitrogens with zero attached hydrogens (tertiary/aromatic N) is 1. The zero-order valence-electron chi connectivity index (χ0n) is 13.6. The lowest BCUT2D eigenvalue weighted by Crippen LogP contribution is -2.23. The van der Waals surface area contributed by atoms with Crippen molar-refractivity contribution in [2.75, 3.05) is 25.1 Å². The van der Waals surface area contributed by atoms with Crippen LogP contribution in [-0.2, 0) is 6.42 Å². The first-order valence-corrected chi connectivity index (χ1v) is 8.02. The number of hydrogen-bond donors (Lipinski definition) is 2. The molecule has 2 aromatic rings. The van der Waals surface area contributed by atoms with Crippen molar-refractivity contribution in [2.24, 2.45) is 10.7 Å². The smallest absolute Gasteiger partial charge is 0.193 e. The molecular formula is C18H19F2N3O2. The molecule has 0 saturated carbocycles. The monoisotopic (exact) mass is 347 g/mol. The fraction of sp³-hybridized carbons (Fsp3) is 0.278. The van der Waals surface area contributed by atoms with Crippen molar-refractivity contribution < 1.29 is 18.3 Å². The summed E-state index contributed by atoms with van der Waals surface area (Å²) in [5.41, 5.74) is 7.26. The summed E-state index contributed by atoms with van der Waals surface area (Å²) in [5.74, 6) is -0.117. The molecule has 3 N–H and O–H groups in total. The minimum atomic E-state index is -0.861. The van der Waals surface area contributed by atoms with Gasteiger partial charge in [-0.05, 0) is 36.2 Å². The molecule has 1 heterocycles. The number of rotatable bonds is 4. The summed E-state index contributed by atoms with van der Waals surface area (Å²) in [6.07, 6.45) is 1.30. The van der Waals surface area contributed by atoms with Gasteiger partial charge in [0.15, 0.2) is 29.1 Å². The first-order chi connectivity index (χ1) is 12.1. The van der Waals surface area contributed by atoms with E-state index in [0.717, 1.165) is 24.2 Å². The van der Waals surface area contributed by atoms with E-state index >= 15 is 0 Å². The van der Waals surface area contributed by atoms with Crippen LogP contribution >= 0.6 is 0 Å². The molecule has 0 spiro atoms. The van der Waals surface area contributed by atoms with Gasteiger partial charge < -0.3 is 20.5 Å². The van der Waals surface area contributed by atoms with Crippen molar-refractivity contribution in [3.8, 4) is 11.5 Å². The van der Waals surface area contributed by atoms with Gasteiger partial charge in [0, 0.05) is 24.7 Å². The van der Waals surface area contributed by atoms with Crippen LogP contribution in [-0.4, -0.2) is 25.7 Å². The molecule has 3 rings (SSSR count). The Labute approximate surface area is 144 Å². The Morgan fingerprint density at radius 1 is 1.04 bits per heavy atom. The third-order valence-corrected chi connectivity index (χ3v) is 3.69. The molecule has 132 valence electrons. The number of nitrogens with one attached hydrogen (secondary N) is 1. The van der Waals surface area contributed by atoms with E-state index in [1.165, 1.54) is 6.07 Å². The molecule has 0 saturated heterocycles. The Balaban J connectivity index is 1.57. The lowest BCUT2D eigenvalue weighted by atomic mass is 10.1. The standard InChI is InChI=1S/C18H19F2N3O2/c19-14-4-2-12(10-15(14)20)6-7-22-18(21)23-13-3-5-16-17(11-13)25-9-1-8-24-16/h2-5,10-11H,1,6-9H2,(H3,21,22,23). The Morgan fingerprint density at radius 3 is 2.64 bits per heavy atom. The maximum atomic E-state index is 13.1. The molecule has 1 aliphatic heterocycles. The molecule has 2 aromatic carbocycles. The quantitative estimate of drug-likeness (QED) is 0.659. The normalized spacial score (nSPS) is 14.1. The van der Waals surface area contributed by atoms with Crippen LogP contribution in [0.15, 0.2) is 41.4 Å². The molecule has 0 atom stereocenters. The van der Waals surface area contributed by atoms with E-state index in [0.29, 0.717) is 43.2 Å². The lowest BCUT2D eigenvalue weighted by molar-refractivity contribution is 0.297. The van der Waals surface area contributed by atoms with Crippen molar-refractivity contribution in [1.82, 2.24) is 0 Å². The van der Waals surface area contributed by atoms with Gasteiger partial charge in [0.1, 0.15) is 0 Å². The average molecular weight is 347 g/mol. The van der Waals surface area contributed by atoms with Gasteiger partial charge in [-0.2, -0.15) is 0 Å². The maximum Gasteiger partial charge on any atom is 0.193 e. The van der Waals surface area contributed by atoms with E-state index in [1.54, 1.807) is 6.07 Å². The largest absolute Gasteiger partial charge is 0.490 e. The van der Waals surface area contributed by atoms with Crippen LogP contribution in [0.3, 0.4) is 0 Å². The maximum absolute atomic E-state index is 13.1. The van der Waals surface area contributed by atoms with Gasteiger partial charge in [0.2, 0.25) is 0 Å². The first kappa shape index (κ1) is 17.0. The third-order valence-electron chi connectivity index (χ3n) is 3.69. The summed E-state index contributed by atoms with van der Waals surface area (Å²) >= 11 is 0. The van der Waals surface area contributed by atoms with E-state index in [1.807, 2.05) is 12.1 Å². The molecule has 0 fully saturated rings. The zero-order valence-corrected chi connectivity index (χ0v) is 13.6. The van der Waals surface area contributed by atoms with E-state index < -0.39 is 11.6 Å². The number of benzene rings is 2. The SMILES string of the molecule is NC(=NCCc1ccc(F)c(F)c1)Nc1ccc2c(c1)OCCCO2. The van der Waals surface area contributed by atoms with Crippen LogP contribution < -0.4 is 20.5 Å². The number of aliphatic imine (C=N–C) groups is 1. The number of hydrogen-bond acceptors (Lipinski definition) is 3. The van der Waals surface area contributed by atoms with Crippen LogP contribution in [0.5, 0.6) is 11.5 Å². The number of fused-ring (bicyclic) bond motifs is 1. The van der Waals surface area contributed by atoms with Gasteiger partial charge in [-0.1, -0.05) is 6.07 Å². The van der Waals surface area contributed by atoms with Crippen molar-refractivity contribution in [3.63, 3.8) is 0 Å². The number of anilines is 1. The second kappa shape index (κ2) is 7.83. The topological polar surface area (TPSA) is 68.9 Å². The average Bonchev–Trinajstić information content (AvgIpc) is 2.83. The summed E-state index contributed by atoms with van der Waals surface area (Å²) in [7, 11) is 0. The lowest BCUT2D eigenvalue weighted by Gasteiger charge is -2.10. The fourth-order valence-electron chi connectivity index (χ4n) is 2.43. The molecule has 25 heavy (non-hydrogen) atoms. The fourth-order valence-corrected chi connectivity index (χ4v) is 2.43. The van der Waals surface area contributed by atoms with Crippen LogP contribution in [0, 0.1) is 11.6 Å². The first-order valence-electron chi connectivity index (χ1n) is 8.02. The van der Waals surface area contributed by atoms with E-state index in [-0.39, 0.29) is 5.96 Å². The molecule has 0 bridgehead atoms. The number of halogens is 2. The molecule has 0 aromatic heterocycles. The summed E-state index contributed by atoms with van der Waals surface area (Å²) in [6, 6.07) is 9.24. The second-order valence-electron chi connectivity index (χ2n) is 5.60. The highest BCUT2D eigenvalue weighted by atomic mass is 19.2. The minimum absolute atomic E-state index is 0.233. The van der Waals surface area contributed by atoms with E-state index in [2.05, 4.69) is 10.3 Å². The highest BCUT2D eigenvalue weighted by Crippen LogP contribution is 2.32. The summed E-state index contributed by atoms with van der Waals surface area (Å²) in [6.45, 7) is 1.59. The molecule has 7 heteroatoms. The molecular weight excluding hydrogens is 328 g/mol. The van der Waals surface area contributed by atoms with Gasteiger partial charge in [-0.25, -0.2) is 8.78 Å². The Kier molecular flexibility index (Phi) is 5.33. The van der Waals surface area contributed by atoms with Gasteiger partial charge in [0.25, 0.3) is 0 Å².